The highest BCUT2D eigenvalue weighted by molar-refractivity contribution is 7.92. The fourth-order valence-electron chi connectivity index (χ4n) is 2.01. The van der Waals surface area contributed by atoms with Crippen molar-refractivity contribution >= 4 is 38.9 Å². The van der Waals surface area contributed by atoms with Crippen molar-refractivity contribution in [2.45, 2.75) is 6.92 Å². The number of carbonyl (C=O) groups excluding carboxylic acids is 1. The molecule has 1 unspecified atom stereocenters. The Hall–Kier alpha value is -2.12. The number of amides is 1. The molecule has 0 bridgehead atoms. The molecule has 0 aromatic heterocycles. The quantitative estimate of drug-likeness (QED) is 0.817. The monoisotopic (exact) mass is 370 g/mol. The summed E-state index contributed by atoms with van der Waals surface area (Å²) in [6.45, 7) is 1.49. The van der Waals surface area contributed by atoms with E-state index in [1.165, 1.54) is 25.1 Å². The van der Waals surface area contributed by atoms with E-state index in [-0.39, 0.29) is 5.69 Å². The van der Waals surface area contributed by atoms with E-state index in [2.05, 4.69) is 10.0 Å². The Morgan fingerprint density at radius 2 is 1.83 bits per heavy atom. The number of halogens is 2. The predicted octanol–water partition coefficient (Wildman–Crippen LogP) is 3.50. The molecule has 2 rings (SSSR count). The van der Waals surface area contributed by atoms with E-state index in [1.807, 2.05) is 0 Å². The molecule has 0 saturated carbocycles. The highest BCUT2D eigenvalue weighted by Crippen LogP contribution is 2.17. The predicted molar refractivity (Wildman–Crippen MR) is 93.1 cm³/mol. The van der Waals surface area contributed by atoms with E-state index in [0.29, 0.717) is 10.7 Å². The molecule has 0 spiro atoms. The Bertz CT molecular complexity index is 843. The van der Waals surface area contributed by atoms with Crippen molar-refractivity contribution in [3.63, 3.8) is 0 Å². The lowest BCUT2D eigenvalue weighted by Gasteiger charge is -2.14. The number of benzene rings is 2. The van der Waals surface area contributed by atoms with Crippen molar-refractivity contribution in [1.82, 2.24) is 0 Å². The molecule has 0 saturated heterocycles. The smallest absolute Gasteiger partial charge is 0.233 e. The SMILES string of the molecule is CC(CS(=O)(=O)Nc1cccc(F)c1)C(=O)Nc1cccc(Cl)c1. The normalized spacial score (nSPS) is 12.5. The molecule has 5 nitrogen and oxygen atoms in total. The van der Waals surface area contributed by atoms with E-state index in [9.17, 15) is 17.6 Å². The molecule has 0 heterocycles. The fraction of sp³-hybridized carbons (Fsp3) is 0.188. The standard InChI is InChI=1S/C16H16ClFN2O3S/c1-11(16(21)19-14-6-2-4-12(17)8-14)10-24(22,23)20-15-7-3-5-13(18)9-15/h2-9,11,20H,10H2,1H3,(H,19,21). The summed E-state index contributed by atoms with van der Waals surface area (Å²) in [6, 6.07) is 11.6. The topological polar surface area (TPSA) is 75.3 Å². The van der Waals surface area contributed by atoms with Gasteiger partial charge in [-0.1, -0.05) is 30.7 Å². The van der Waals surface area contributed by atoms with Crippen LogP contribution in [0.4, 0.5) is 15.8 Å². The average Bonchev–Trinajstić information content (AvgIpc) is 2.46. The second-order valence-corrected chi connectivity index (χ2v) is 7.50. The molecule has 2 N–H and O–H groups in total. The van der Waals surface area contributed by atoms with E-state index in [0.717, 1.165) is 6.07 Å². The highest BCUT2D eigenvalue weighted by Gasteiger charge is 2.22. The number of nitrogens with one attached hydrogen (secondary N) is 2. The summed E-state index contributed by atoms with van der Waals surface area (Å²) in [5.74, 6) is -2.26. The number of anilines is 2. The molecular weight excluding hydrogens is 355 g/mol. The summed E-state index contributed by atoms with van der Waals surface area (Å²) >= 11 is 5.83. The summed E-state index contributed by atoms with van der Waals surface area (Å²) in [7, 11) is -3.80. The maximum atomic E-state index is 13.1. The van der Waals surface area contributed by atoms with Crippen molar-refractivity contribution < 1.29 is 17.6 Å². The van der Waals surface area contributed by atoms with Crippen LogP contribution >= 0.6 is 11.6 Å². The van der Waals surface area contributed by atoms with Crippen LogP contribution in [0, 0.1) is 11.7 Å². The summed E-state index contributed by atoms with van der Waals surface area (Å²) in [5.41, 5.74) is 0.590. The second kappa shape index (κ2) is 7.63. The molecule has 1 atom stereocenters. The van der Waals surface area contributed by atoms with E-state index in [1.54, 1.807) is 24.3 Å². The molecule has 1 amide bonds. The van der Waals surface area contributed by atoms with Crippen molar-refractivity contribution in [2.24, 2.45) is 5.92 Å². The largest absolute Gasteiger partial charge is 0.326 e. The van der Waals surface area contributed by atoms with Crippen molar-refractivity contribution in [3.8, 4) is 0 Å². The van der Waals surface area contributed by atoms with Gasteiger partial charge in [-0.15, -0.1) is 0 Å². The zero-order valence-corrected chi connectivity index (χ0v) is 14.4. The van der Waals surface area contributed by atoms with Crippen LogP contribution in [0.3, 0.4) is 0 Å². The van der Waals surface area contributed by atoms with Gasteiger partial charge in [0.1, 0.15) is 5.82 Å². The Balaban J connectivity index is 1.99. The zero-order chi connectivity index (χ0) is 17.7. The van der Waals surface area contributed by atoms with Crippen LogP contribution in [0.1, 0.15) is 6.92 Å². The molecule has 2 aromatic carbocycles. The summed E-state index contributed by atoms with van der Waals surface area (Å²) < 4.78 is 39.5. The molecule has 0 aliphatic heterocycles. The molecule has 0 aliphatic rings. The van der Waals surface area contributed by atoms with Crippen LogP contribution in [0.15, 0.2) is 48.5 Å². The van der Waals surface area contributed by atoms with Gasteiger partial charge in [0.05, 0.1) is 17.4 Å². The molecule has 8 heteroatoms. The van der Waals surface area contributed by atoms with Gasteiger partial charge in [0.25, 0.3) is 0 Å². The van der Waals surface area contributed by atoms with E-state index < -0.39 is 33.4 Å². The van der Waals surface area contributed by atoms with Gasteiger partial charge in [-0.05, 0) is 36.4 Å². The van der Waals surface area contributed by atoms with Gasteiger partial charge >= 0.3 is 0 Å². The maximum absolute atomic E-state index is 13.1. The van der Waals surface area contributed by atoms with Crippen LogP contribution in [0.5, 0.6) is 0 Å². The Labute approximate surface area is 144 Å². The van der Waals surface area contributed by atoms with Crippen LogP contribution in [-0.4, -0.2) is 20.1 Å². The molecular formula is C16H16ClFN2O3S. The van der Waals surface area contributed by atoms with Crippen LogP contribution in [0.25, 0.3) is 0 Å². The Morgan fingerprint density at radius 3 is 2.50 bits per heavy atom. The first kappa shape index (κ1) is 18.2. The number of hydrogen-bond donors (Lipinski definition) is 2. The highest BCUT2D eigenvalue weighted by atomic mass is 35.5. The number of carbonyl (C=O) groups is 1. The van der Waals surface area contributed by atoms with Crippen molar-refractivity contribution in [3.05, 3.63) is 59.4 Å². The molecule has 128 valence electrons. The molecule has 0 radical (unpaired) electrons. The summed E-state index contributed by atoms with van der Waals surface area (Å²) in [4.78, 5) is 12.1. The molecule has 0 aliphatic carbocycles. The van der Waals surface area contributed by atoms with Crippen LogP contribution in [0.2, 0.25) is 5.02 Å². The van der Waals surface area contributed by atoms with Crippen molar-refractivity contribution in [2.75, 3.05) is 15.8 Å². The van der Waals surface area contributed by atoms with Crippen LogP contribution in [-0.2, 0) is 14.8 Å². The lowest BCUT2D eigenvalue weighted by atomic mass is 10.2. The van der Waals surface area contributed by atoms with Gasteiger partial charge in [0, 0.05) is 10.7 Å². The minimum Gasteiger partial charge on any atom is -0.326 e. The van der Waals surface area contributed by atoms with Crippen molar-refractivity contribution in [1.29, 1.82) is 0 Å². The van der Waals surface area contributed by atoms with E-state index >= 15 is 0 Å². The first-order chi connectivity index (χ1) is 11.2. The third kappa shape index (κ3) is 5.50. The molecule has 0 fully saturated rings. The van der Waals surface area contributed by atoms with Gasteiger partial charge in [0.2, 0.25) is 15.9 Å². The van der Waals surface area contributed by atoms with Gasteiger partial charge in [-0.3, -0.25) is 9.52 Å². The lowest BCUT2D eigenvalue weighted by Crippen LogP contribution is -2.29. The number of hydrogen-bond acceptors (Lipinski definition) is 3. The minimum atomic E-state index is -3.80. The summed E-state index contributed by atoms with van der Waals surface area (Å²) in [5, 5.41) is 3.06. The maximum Gasteiger partial charge on any atom is 0.233 e. The second-order valence-electron chi connectivity index (χ2n) is 5.29. The fourth-order valence-corrected chi connectivity index (χ4v) is 3.58. The number of sulfonamides is 1. The van der Waals surface area contributed by atoms with Gasteiger partial charge in [0.15, 0.2) is 0 Å². The van der Waals surface area contributed by atoms with Crippen LogP contribution < -0.4 is 10.0 Å². The average molecular weight is 371 g/mol. The molecule has 2 aromatic rings. The van der Waals surface area contributed by atoms with Gasteiger partial charge in [-0.25, -0.2) is 12.8 Å². The number of rotatable bonds is 6. The minimum absolute atomic E-state index is 0.109. The zero-order valence-electron chi connectivity index (χ0n) is 12.8. The van der Waals surface area contributed by atoms with Gasteiger partial charge in [-0.2, -0.15) is 0 Å². The molecule has 24 heavy (non-hydrogen) atoms. The first-order valence-electron chi connectivity index (χ1n) is 7.08. The van der Waals surface area contributed by atoms with Gasteiger partial charge < -0.3 is 5.32 Å². The third-order valence-corrected chi connectivity index (χ3v) is 4.83. The lowest BCUT2D eigenvalue weighted by molar-refractivity contribution is -0.118. The third-order valence-electron chi connectivity index (χ3n) is 3.11. The summed E-state index contributed by atoms with van der Waals surface area (Å²) in [6.07, 6.45) is 0. The first-order valence-corrected chi connectivity index (χ1v) is 9.11. The Kier molecular flexibility index (Phi) is 5.80. The van der Waals surface area contributed by atoms with E-state index in [4.69, 9.17) is 11.6 Å². The Morgan fingerprint density at radius 1 is 1.17 bits per heavy atom.